The number of nitrogens with zero attached hydrogens (tertiary/aromatic N) is 2. The summed E-state index contributed by atoms with van der Waals surface area (Å²) in [5.41, 5.74) is 1.05. The van der Waals surface area contributed by atoms with E-state index >= 15 is 0 Å². The van der Waals surface area contributed by atoms with Gasteiger partial charge in [-0.15, -0.1) is 11.6 Å². The molecule has 1 aromatic carbocycles. The molecule has 0 radical (unpaired) electrons. The lowest BCUT2D eigenvalue weighted by Crippen LogP contribution is -2.35. The van der Waals surface area contributed by atoms with Crippen molar-refractivity contribution in [2.75, 3.05) is 11.2 Å². The zero-order valence-electron chi connectivity index (χ0n) is 11.6. The van der Waals surface area contributed by atoms with Gasteiger partial charge in [-0.25, -0.2) is 9.78 Å². The zero-order chi connectivity index (χ0) is 16.8. The number of urea groups is 1. The van der Waals surface area contributed by atoms with E-state index in [-0.39, 0.29) is 5.82 Å². The number of amides is 3. The van der Waals surface area contributed by atoms with Gasteiger partial charge in [-0.3, -0.25) is 20.4 Å². The molecule has 23 heavy (non-hydrogen) atoms. The first kappa shape index (κ1) is 17.8. The average molecular weight is 463 g/mol. The molecule has 1 heterocycles. The van der Waals surface area contributed by atoms with E-state index in [2.05, 4.69) is 52.5 Å². The van der Waals surface area contributed by atoms with Gasteiger partial charge in [0.15, 0.2) is 5.82 Å². The second-order valence-corrected chi connectivity index (χ2v) is 6.42. The minimum atomic E-state index is -0.697. The summed E-state index contributed by atoms with van der Waals surface area (Å²) in [6, 6.07) is 4.48. The molecule has 6 nitrogen and oxygen atoms in total. The van der Waals surface area contributed by atoms with Crippen LogP contribution in [-0.2, 0) is 6.42 Å². The van der Waals surface area contributed by atoms with Crippen LogP contribution in [0.1, 0.15) is 16.1 Å². The molecule has 120 valence electrons. The van der Waals surface area contributed by atoms with E-state index in [9.17, 15) is 9.59 Å². The number of carbonyl (C=O) groups excluding carboxylic acids is 2. The highest BCUT2D eigenvalue weighted by Gasteiger charge is 2.16. The predicted molar refractivity (Wildman–Crippen MR) is 94.8 cm³/mol. The molecule has 0 saturated carbocycles. The van der Waals surface area contributed by atoms with Crippen molar-refractivity contribution in [3.8, 4) is 0 Å². The summed E-state index contributed by atoms with van der Waals surface area (Å²) in [4.78, 5) is 32.1. The highest BCUT2D eigenvalue weighted by molar-refractivity contribution is 9.11. The maximum absolute atomic E-state index is 12.1. The van der Waals surface area contributed by atoms with Crippen molar-refractivity contribution in [2.45, 2.75) is 6.42 Å². The van der Waals surface area contributed by atoms with E-state index in [1.165, 1.54) is 12.4 Å². The number of aromatic nitrogens is 2. The predicted octanol–water partition coefficient (Wildman–Crippen LogP) is 3.74. The van der Waals surface area contributed by atoms with E-state index < -0.39 is 11.9 Å². The van der Waals surface area contributed by atoms with Gasteiger partial charge in [0, 0.05) is 21.2 Å². The Kier molecular flexibility index (Phi) is 6.49. The van der Waals surface area contributed by atoms with E-state index in [1.807, 2.05) is 0 Å². The third-order valence-corrected chi connectivity index (χ3v) is 4.23. The summed E-state index contributed by atoms with van der Waals surface area (Å²) < 4.78 is 1.14. The fraction of sp³-hybridized carbons (Fsp3) is 0.143. The lowest BCUT2D eigenvalue weighted by molar-refractivity contribution is 0.0965. The average Bonchev–Trinajstić information content (AvgIpc) is 2.49. The first-order valence-corrected chi connectivity index (χ1v) is 8.56. The minimum absolute atomic E-state index is 0.236. The van der Waals surface area contributed by atoms with Gasteiger partial charge < -0.3 is 0 Å². The number of carbonyl (C=O) groups is 2. The smallest absolute Gasteiger partial charge is 0.291 e. The fourth-order valence-electron chi connectivity index (χ4n) is 1.67. The van der Waals surface area contributed by atoms with Crippen LogP contribution >= 0.6 is 43.5 Å². The summed E-state index contributed by atoms with van der Waals surface area (Å²) >= 11 is 12.2. The van der Waals surface area contributed by atoms with E-state index in [0.717, 1.165) is 5.69 Å². The molecule has 2 aromatic rings. The molecule has 0 aliphatic rings. The Balaban J connectivity index is 2.00. The molecule has 9 heteroatoms. The van der Waals surface area contributed by atoms with Crippen molar-refractivity contribution in [2.24, 2.45) is 0 Å². The fourth-order valence-corrected chi connectivity index (χ4v) is 3.23. The second kappa shape index (κ2) is 8.37. The standard InChI is InChI=1S/C14H11Br2ClN4O2/c15-9-2-1-3-10(16)12(9)13(22)21-14(23)20-11-7-18-8(4-5-17)6-19-11/h1-3,6-7H,4-5H2,(H2,19,20,21,22,23). The molecule has 1 aromatic heterocycles. The van der Waals surface area contributed by atoms with Crippen molar-refractivity contribution < 1.29 is 9.59 Å². The third kappa shape index (κ3) is 4.98. The monoisotopic (exact) mass is 460 g/mol. The molecule has 0 spiro atoms. The van der Waals surface area contributed by atoms with Crippen LogP contribution in [0.5, 0.6) is 0 Å². The normalized spacial score (nSPS) is 10.2. The van der Waals surface area contributed by atoms with Crippen LogP contribution in [0, 0.1) is 0 Å². The van der Waals surface area contributed by atoms with Gasteiger partial charge in [0.05, 0.1) is 23.7 Å². The molecule has 0 atom stereocenters. The number of imide groups is 1. The first-order valence-electron chi connectivity index (χ1n) is 6.44. The minimum Gasteiger partial charge on any atom is -0.291 e. The number of hydrogen-bond donors (Lipinski definition) is 2. The molecule has 0 aliphatic heterocycles. The van der Waals surface area contributed by atoms with Gasteiger partial charge in [0.1, 0.15) is 0 Å². The van der Waals surface area contributed by atoms with Crippen LogP contribution in [0.4, 0.5) is 10.6 Å². The number of anilines is 1. The number of rotatable bonds is 4. The molecule has 0 unspecified atom stereocenters. The SMILES string of the molecule is O=C(NC(=O)c1c(Br)cccc1Br)Nc1cnc(CCCl)cn1. The highest BCUT2D eigenvalue weighted by atomic mass is 79.9. The highest BCUT2D eigenvalue weighted by Crippen LogP contribution is 2.24. The lowest BCUT2D eigenvalue weighted by atomic mass is 10.2. The van der Waals surface area contributed by atoms with Crippen molar-refractivity contribution in [1.82, 2.24) is 15.3 Å². The number of aryl methyl sites for hydroxylation is 1. The quantitative estimate of drug-likeness (QED) is 0.678. The Labute approximate surface area is 154 Å². The summed E-state index contributed by atoms with van der Waals surface area (Å²) in [7, 11) is 0. The Morgan fingerprint density at radius 2 is 1.83 bits per heavy atom. The second-order valence-electron chi connectivity index (χ2n) is 4.34. The summed E-state index contributed by atoms with van der Waals surface area (Å²) in [5.74, 6) is 0.130. The van der Waals surface area contributed by atoms with Crippen molar-refractivity contribution >= 4 is 61.2 Å². The Morgan fingerprint density at radius 3 is 2.39 bits per heavy atom. The molecule has 0 bridgehead atoms. The first-order chi connectivity index (χ1) is 11.0. The number of halogens is 3. The van der Waals surface area contributed by atoms with E-state index in [4.69, 9.17) is 11.6 Å². The summed E-state index contributed by atoms with van der Waals surface area (Å²) in [6.45, 7) is 0. The topological polar surface area (TPSA) is 84.0 Å². The van der Waals surface area contributed by atoms with Gasteiger partial charge >= 0.3 is 6.03 Å². The molecule has 0 aliphatic carbocycles. The molecule has 3 amide bonds. The molecule has 2 rings (SSSR count). The van der Waals surface area contributed by atoms with Gasteiger partial charge in [0.2, 0.25) is 0 Å². The number of nitrogens with one attached hydrogen (secondary N) is 2. The Bertz CT molecular complexity index is 705. The van der Waals surface area contributed by atoms with Crippen LogP contribution < -0.4 is 10.6 Å². The van der Waals surface area contributed by atoms with Gasteiger partial charge in [-0.1, -0.05) is 6.07 Å². The van der Waals surface area contributed by atoms with Gasteiger partial charge in [0.25, 0.3) is 5.91 Å². The molecule has 0 fully saturated rings. The zero-order valence-corrected chi connectivity index (χ0v) is 15.6. The van der Waals surface area contributed by atoms with Gasteiger partial charge in [-0.05, 0) is 44.0 Å². The number of alkyl halides is 1. The molecular formula is C14H11Br2ClN4O2. The van der Waals surface area contributed by atoms with E-state index in [0.29, 0.717) is 26.8 Å². The lowest BCUT2D eigenvalue weighted by Gasteiger charge is -2.09. The largest absolute Gasteiger partial charge is 0.327 e. The van der Waals surface area contributed by atoms with Crippen LogP contribution in [-0.4, -0.2) is 27.8 Å². The van der Waals surface area contributed by atoms with Crippen LogP contribution in [0.2, 0.25) is 0 Å². The maximum Gasteiger partial charge on any atom is 0.327 e. The van der Waals surface area contributed by atoms with Gasteiger partial charge in [-0.2, -0.15) is 0 Å². The van der Waals surface area contributed by atoms with Crippen LogP contribution in [0.3, 0.4) is 0 Å². The third-order valence-electron chi connectivity index (χ3n) is 2.71. The Hall–Kier alpha value is -1.51. The van der Waals surface area contributed by atoms with Crippen molar-refractivity contribution in [3.63, 3.8) is 0 Å². The maximum atomic E-state index is 12.1. The number of benzene rings is 1. The van der Waals surface area contributed by atoms with Crippen LogP contribution in [0.25, 0.3) is 0 Å². The summed E-state index contributed by atoms with van der Waals surface area (Å²) in [6.07, 6.45) is 3.51. The number of hydrogen-bond acceptors (Lipinski definition) is 4. The van der Waals surface area contributed by atoms with E-state index in [1.54, 1.807) is 18.2 Å². The molecule has 0 saturated heterocycles. The molecule has 2 N–H and O–H groups in total. The molecular weight excluding hydrogens is 451 g/mol. The summed E-state index contributed by atoms with van der Waals surface area (Å²) in [5, 5.41) is 4.67. The Morgan fingerprint density at radius 1 is 1.13 bits per heavy atom. The van der Waals surface area contributed by atoms with Crippen molar-refractivity contribution in [3.05, 3.63) is 50.8 Å². The van der Waals surface area contributed by atoms with Crippen LogP contribution in [0.15, 0.2) is 39.5 Å². The van der Waals surface area contributed by atoms with Crippen molar-refractivity contribution in [1.29, 1.82) is 0 Å².